The summed E-state index contributed by atoms with van der Waals surface area (Å²) >= 11 is 1.83. The zero-order valence-corrected chi connectivity index (χ0v) is 10.6. The van der Waals surface area contributed by atoms with Crippen LogP contribution in [0.15, 0.2) is 11.5 Å². The first kappa shape index (κ1) is 11.9. The molecule has 0 amide bonds. The van der Waals surface area contributed by atoms with E-state index in [2.05, 4.69) is 27.5 Å². The van der Waals surface area contributed by atoms with Gasteiger partial charge in [0.05, 0.1) is 0 Å². The van der Waals surface area contributed by atoms with Gasteiger partial charge in [-0.3, -0.25) is 5.10 Å². The van der Waals surface area contributed by atoms with E-state index in [1.807, 2.05) is 11.8 Å². The first-order valence-corrected chi connectivity index (χ1v) is 6.97. The Morgan fingerprint density at radius 3 is 2.81 bits per heavy atom. The van der Waals surface area contributed by atoms with E-state index >= 15 is 0 Å². The topological polar surface area (TPSA) is 53.6 Å². The van der Waals surface area contributed by atoms with Crippen molar-refractivity contribution in [3.63, 3.8) is 0 Å². The Hall–Kier alpha value is -0.550. The Balaban J connectivity index is 1.96. The highest BCUT2D eigenvalue weighted by molar-refractivity contribution is 7.99. The van der Waals surface area contributed by atoms with E-state index in [0.717, 1.165) is 5.16 Å². The molecule has 1 fully saturated rings. The number of nitrogens with zero attached hydrogens (tertiary/aromatic N) is 2. The molecule has 2 N–H and O–H groups in total. The molecule has 0 spiro atoms. The van der Waals surface area contributed by atoms with E-state index in [-0.39, 0.29) is 0 Å². The number of H-pyrrole nitrogens is 1. The Labute approximate surface area is 101 Å². The number of nitrogens with one attached hydrogen (secondary N) is 2. The summed E-state index contributed by atoms with van der Waals surface area (Å²) in [5.41, 5.74) is 0. The highest BCUT2D eigenvalue weighted by atomic mass is 32.2. The van der Waals surface area contributed by atoms with E-state index in [1.165, 1.54) is 38.5 Å². The third-order valence-electron chi connectivity index (χ3n) is 3.23. The van der Waals surface area contributed by atoms with Crippen LogP contribution in [-0.2, 0) is 0 Å². The minimum Gasteiger partial charge on any atom is -0.316 e. The molecule has 0 aliphatic heterocycles. The van der Waals surface area contributed by atoms with Gasteiger partial charge in [-0.15, -0.1) is 0 Å². The Morgan fingerprint density at radius 1 is 1.31 bits per heavy atom. The fourth-order valence-electron chi connectivity index (χ4n) is 2.32. The van der Waals surface area contributed by atoms with Crippen molar-refractivity contribution < 1.29 is 0 Å². The molecule has 1 saturated carbocycles. The van der Waals surface area contributed by atoms with Crippen LogP contribution >= 0.6 is 11.8 Å². The summed E-state index contributed by atoms with van der Waals surface area (Å²) < 4.78 is 0. The molecule has 16 heavy (non-hydrogen) atoms. The molecule has 2 rings (SSSR count). The third kappa shape index (κ3) is 3.22. The van der Waals surface area contributed by atoms with E-state index in [1.54, 1.807) is 6.33 Å². The van der Waals surface area contributed by atoms with E-state index in [4.69, 9.17) is 0 Å². The molecule has 90 valence electrons. The van der Waals surface area contributed by atoms with Gasteiger partial charge < -0.3 is 5.32 Å². The first-order chi connectivity index (χ1) is 7.90. The quantitative estimate of drug-likeness (QED) is 0.850. The van der Waals surface area contributed by atoms with Crippen molar-refractivity contribution in [3.8, 4) is 0 Å². The van der Waals surface area contributed by atoms with Gasteiger partial charge in [0.15, 0.2) is 5.16 Å². The fourth-order valence-corrected chi connectivity index (χ4v) is 3.54. The summed E-state index contributed by atoms with van der Waals surface area (Å²) in [5, 5.41) is 11.9. The van der Waals surface area contributed by atoms with E-state index in [0.29, 0.717) is 11.3 Å². The van der Waals surface area contributed by atoms with Gasteiger partial charge in [0.2, 0.25) is 0 Å². The fraction of sp³-hybridized carbons (Fsp3) is 0.818. The minimum atomic E-state index is 0.607. The first-order valence-electron chi connectivity index (χ1n) is 6.09. The van der Waals surface area contributed by atoms with Crippen LogP contribution in [0.3, 0.4) is 0 Å². The molecule has 1 aliphatic carbocycles. The number of aromatic nitrogens is 3. The van der Waals surface area contributed by atoms with E-state index < -0.39 is 0 Å². The Morgan fingerprint density at radius 2 is 2.12 bits per heavy atom. The van der Waals surface area contributed by atoms with Crippen LogP contribution in [-0.4, -0.2) is 33.5 Å². The van der Waals surface area contributed by atoms with Crippen LogP contribution in [0, 0.1) is 0 Å². The number of thioether (sulfide) groups is 1. The summed E-state index contributed by atoms with van der Waals surface area (Å²) in [6.07, 6.45) is 9.59. The minimum absolute atomic E-state index is 0.607. The van der Waals surface area contributed by atoms with Crippen molar-refractivity contribution in [2.24, 2.45) is 0 Å². The van der Waals surface area contributed by atoms with Crippen molar-refractivity contribution in [3.05, 3.63) is 6.33 Å². The smallest absolute Gasteiger partial charge is 0.183 e. The van der Waals surface area contributed by atoms with Crippen molar-refractivity contribution >= 4 is 11.8 Å². The zero-order valence-electron chi connectivity index (χ0n) is 9.78. The highest BCUT2D eigenvalue weighted by Gasteiger charge is 2.23. The maximum atomic E-state index is 4.20. The predicted octanol–water partition coefficient (Wildman–Crippen LogP) is 2.21. The molecule has 4 nitrogen and oxygen atoms in total. The number of hydrogen-bond donors (Lipinski definition) is 2. The molecular weight excluding hydrogens is 220 g/mol. The van der Waals surface area contributed by atoms with Crippen LogP contribution < -0.4 is 5.32 Å². The van der Waals surface area contributed by atoms with Gasteiger partial charge >= 0.3 is 0 Å². The third-order valence-corrected chi connectivity index (χ3v) is 4.52. The Bertz CT molecular complexity index is 288. The molecule has 0 radical (unpaired) electrons. The SMILES string of the molecule is CNC1CCCCCCC1Sc1ncn[nH]1. The van der Waals surface area contributed by atoms with Crippen LogP contribution in [0.2, 0.25) is 0 Å². The maximum Gasteiger partial charge on any atom is 0.183 e. The van der Waals surface area contributed by atoms with Crippen molar-refractivity contribution in [2.45, 2.75) is 55.0 Å². The molecule has 2 atom stereocenters. The van der Waals surface area contributed by atoms with Crippen LogP contribution in [0.5, 0.6) is 0 Å². The van der Waals surface area contributed by atoms with Gasteiger partial charge in [0.25, 0.3) is 0 Å². The van der Waals surface area contributed by atoms with Crippen molar-refractivity contribution in [2.75, 3.05) is 7.05 Å². The molecule has 1 aromatic rings. The summed E-state index contributed by atoms with van der Waals surface area (Å²) in [6.45, 7) is 0. The van der Waals surface area contributed by atoms with Gasteiger partial charge in [-0.05, 0) is 19.9 Å². The second-order valence-corrected chi connectivity index (χ2v) is 5.56. The second-order valence-electron chi connectivity index (χ2n) is 4.33. The van der Waals surface area contributed by atoms with Gasteiger partial charge in [-0.25, -0.2) is 4.98 Å². The number of aromatic amines is 1. The normalized spacial score (nSPS) is 27.3. The monoisotopic (exact) mass is 240 g/mol. The van der Waals surface area contributed by atoms with Gasteiger partial charge in [-0.2, -0.15) is 5.10 Å². The van der Waals surface area contributed by atoms with Crippen LogP contribution in [0.25, 0.3) is 0 Å². The van der Waals surface area contributed by atoms with Crippen LogP contribution in [0.1, 0.15) is 38.5 Å². The molecule has 0 saturated heterocycles. The lowest BCUT2D eigenvalue weighted by molar-refractivity contribution is 0.420. The average molecular weight is 240 g/mol. The van der Waals surface area contributed by atoms with Gasteiger partial charge in [0.1, 0.15) is 6.33 Å². The largest absolute Gasteiger partial charge is 0.316 e. The zero-order chi connectivity index (χ0) is 11.2. The molecule has 1 aliphatic rings. The molecule has 0 bridgehead atoms. The molecule has 2 unspecified atom stereocenters. The molecule has 5 heteroatoms. The summed E-state index contributed by atoms with van der Waals surface area (Å²) in [6, 6.07) is 0.607. The van der Waals surface area contributed by atoms with Crippen LogP contribution in [0.4, 0.5) is 0 Å². The second kappa shape index (κ2) is 6.25. The predicted molar refractivity (Wildman–Crippen MR) is 66.6 cm³/mol. The molecular formula is C11H20N4S. The average Bonchev–Trinajstić information content (AvgIpc) is 2.75. The summed E-state index contributed by atoms with van der Waals surface area (Å²) in [5.74, 6) is 0. The van der Waals surface area contributed by atoms with Gasteiger partial charge in [-0.1, -0.05) is 37.4 Å². The van der Waals surface area contributed by atoms with Crippen molar-refractivity contribution in [1.29, 1.82) is 0 Å². The molecule has 1 heterocycles. The number of rotatable bonds is 3. The maximum absolute atomic E-state index is 4.20. The van der Waals surface area contributed by atoms with E-state index in [9.17, 15) is 0 Å². The lowest BCUT2D eigenvalue weighted by Crippen LogP contribution is -2.36. The standard InChI is InChI=1S/C11H20N4S/c1-12-9-6-4-2-3-5-7-10(9)16-11-13-8-14-15-11/h8-10,12H,2-7H2,1H3,(H,13,14,15). The Kier molecular flexibility index (Phi) is 4.66. The summed E-state index contributed by atoms with van der Waals surface area (Å²) in [7, 11) is 2.07. The highest BCUT2D eigenvalue weighted by Crippen LogP contribution is 2.30. The van der Waals surface area contributed by atoms with Crippen molar-refractivity contribution in [1.82, 2.24) is 20.5 Å². The number of hydrogen-bond acceptors (Lipinski definition) is 4. The lowest BCUT2D eigenvalue weighted by atomic mass is 9.96. The molecule has 1 aromatic heterocycles. The lowest BCUT2D eigenvalue weighted by Gasteiger charge is -2.27. The summed E-state index contributed by atoms with van der Waals surface area (Å²) in [4.78, 5) is 4.20. The van der Waals surface area contributed by atoms with Gasteiger partial charge in [0, 0.05) is 11.3 Å². The molecule has 0 aromatic carbocycles.